The van der Waals surface area contributed by atoms with Crippen LogP contribution in [0, 0.1) is 5.92 Å². The number of carbonyl (C=O) groups is 1. The summed E-state index contributed by atoms with van der Waals surface area (Å²) in [7, 11) is 0. The van der Waals surface area contributed by atoms with Crippen molar-refractivity contribution in [2.45, 2.75) is 6.42 Å². The third kappa shape index (κ3) is 1.75. The van der Waals surface area contributed by atoms with Crippen molar-refractivity contribution in [1.82, 2.24) is 4.98 Å². The number of nitrogens with two attached hydrogens (primary N) is 1. The fourth-order valence-electron chi connectivity index (χ4n) is 2.46. The summed E-state index contributed by atoms with van der Waals surface area (Å²) < 4.78 is 0. The van der Waals surface area contributed by atoms with Gasteiger partial charge in [-0.3, -0.25) is 9.69 Å². The topological polar surface area (TPSA) is 59.2 Å². The maximum absolute atomic E-state index is 12.0. The van der Waals surface area contributed by atoms with Crippen LogP contribution in [0.1, 0.15) is 6.42 Å². The first-order valence-electron chi connectivity index (χ1n) is 6.14. The van der Waals surface area contributed by atoms with Gasteiger partial charge in [0.2, 0.25) is 5.91 Å². The normalized spacial score (nSPS) is 19.7. The lowest BCUT2D eigenvalue weighted by Gasteiger charge is -2.17. The zero-order chi connectivity index (χ0) is 12.5. The van der Waals surface area contributed by atoms with E-state index in [0.717, 1.165) is 16.6 Å². The lowest BCUT2D eigenvalue weighted by molar-refractivity contribution is -0.117. The molecule has 1 aliphatic heterocycles. The first-order chi connectivity index (χ1) is 8.79. The van der Waals surface area contributed by atoms with Gasteiger partial charge in [-0.1, -0.05) is 24.3 Å². The third-order valence-electron chi connectivity index (χ3n) is 3.45. The van der Waals surface area contributed by atoms with Crippen LogP contribution in [-0.4, -0.2) is 24.0 Å². The second-order valence-electron chi connectivity index (χ2n) is 4.67. The number of fused-ring (bicyclic) bond motifs is 1. The van der Waals surface area contributed by atoms with Gasteiger partial charge in [0.05, 0.1) is 0 Å². The lowest BCUT2D eigenvalue weighted by atomic mass is 10.1. The fraction of sp³-hybridized carbons (Fsp3) is 0.286. The molecule has 1 unspecified atom stereocenters. The minimum atomic E-state index is 0.120. The van der Waals surface area contributed by atoms with Gasteiger partial charge in [-0.05, 0) is 23.9 Å². The van der Waals surface area contributed by atoms with E-state index in [-0.39, 0.29) is 11.8 Å². The molecule has 1 fully saturated rings. The minimum absolute atomic E-state index is 0.120. The number of anilines is 1. The van der Waals surface area contributed by atoms with Gasteiger partial charge in [-0.2, -0.15) is 0 Å². The van der Waals surface area contributed by atoms with Crippen LogP contribution in [0.5, 0.6) is 0 Å². The largest absolute Gasteiger partial charge is 0.330 e. The number of hydrogen-bond acceptors (Lipinski definition) is 3. The Balaban J connectivity index is 2.07. The molecule has 4 nitrogen and oxygen atoms in total. The molecule has 1 amide bonds. The molecule has 0 aliphatic carbocycles. The quantitative estimate of drug-likeness (QED) is 0.867. The van der Waals surface area contributed by atoms with E-state index in [1.807, 2.05) is 30.3 Å². The Kier molecular flexibility index (Phi) is 2.72. The summed E-state index contributed by atoms with van der Waals surface area (Å²) in [6, 6.07) is 9.94. The molecule has 1 atom stereocenters. The number of benzene rings is 1. The van der Waals surface area contributed by atoms with Crippen molar-refractivity contribution >= 4 is 22.5 Å². The molecule has 18 heavy (non-hydrogen) atoms. The number of rotatable bonds is 2. The van der Waals surface area contributed by atoms with Gasteiger partial charge in [0, 0.05) is 24.5 Å². The van der Waals surface area contributed by atoms with Gasteiger partial charge in [0.25, 0.3) is 0 Å². The molecule has 2 heterocycles. The van der Waals surface area contributed by atoms with Crippen LogP contribution >= 0.6 is 0 Å². The van der Waals surface area contributed by atoms with E-state index < -0.39 is 0 Å². The standard InChI is InChI=1S/C14H15N3O/c15-8-10-7-13(18)17(9-10)14-12-4-2-1-3-11(12)5-6-16-14/h1-6,10H,7-9,15H2. The molecule has 1 aromatic carbocycles. The van der Waals surface area contributed by atoms with Crippen molar-refractivity contribution in [3.63, 3.8) is 0 Å². The third-order valence-corrected chi connectivity index (χ3v) is 3.45. The van der Waals surface area contributed by atoms with Gasteiger partial charge in [-0.25, -0.2) is 4.98 Å². The van der Waals surface area contributed by atoms with E-state index in [2.05, 4.69) is 4.98 Å². The summed E-state index contributed by atoms with van der Waals surface area (Å²) >= 11 is 0. The predicted octanol–water partition coefficient (Wildman–Crippen LogP) is 1.55. The molecule has 1 saturated heterocycles. The number of pyridine rings is 1. The summed E-state index contributed by atoms with van der Waals surface area (Å²) in [5.74, 6) is 1.13. The van der Waals surface area contributed by atoms with Crippen LogP contribution in [0.15, 0.2) is 36.5 Å². The van der Waals surface area contributed by atoms with Gasteiger partial charge >= 0.3 is 0 Å². The molecule has 1 aliphatic rings. The van der Waals surface area contributed by atoms with E-state index in [1.165, 1.54) is 0 Å². The summed E-state index contributed by atoms with van der Waals surface area (Å²) in [5, 5.41) is 2.12. The predicted molar refractivity (Wildman–Crippen MR) is 71.3 cm³/mol. The molecule has 3 rings (SSSR count). The Morgan fingerprint density at radius 1 is 1.33 bits per heavy atom. The van der Waals surface area contributed by atoms with Crippen molar-refractivity contribution < 1.29 is 4.79 Å². The second kappa shape index (κ2) is 4.38. The van der Waals surface area contributed by atoms with Crippen molar-refractivity contribution in [2.24, 2.45) is 11.7 Å². The van der Waals surface area contributed by atoms with Gasteiger partial charge < -0.3 is 5.73 Å². The minimum Gasteiger partial charge on any atom is -0.330 e. The Bertz CT molecular complexity index is 591. The number of hydrogen-bond donors (Lipinski definition) is 1. The van der Waals surface area contributed by atoms with Gasteiger partial charge in [-0.15, -0.1) is 0 Å². The maximum atomic E-state index is 12.0. The molecule has 0 bridgehead atoms. The molecule has 2 N–H and O–H groups in total. The van der Waals surface area contributed by atoms with Crippen molar-refractivity contribution in [3.8, 4) is 0 Å². The summed E-state index contributed by atoms with van der Waals surface area (Å²) in [4.78, 5) is 18.2. The molecular formula is C14H15N3O. The highest BCUT2D eigenvalue weighted by Gasteiger charge is 2.31. The Hall–Kier alpha value is -1.94. The van der Waals surface area contributed by atoms with Crippen LogP contribution in [0.2, 0.25) is 0 Å². The van der Waals surface area contributed by atoms with E-state index in [0.29, 0.717) is 19.5 Å². The Morgan fingerprint density at radius 3 is 2.94 bits per heavy atom. The lowest BCUT2D eigenvalue weighted by Crippen LogP contribution is -2.26. The number of amides is 1. The smallest absolute Gasteiger partial charge is 0.228 e. The Labute approximate surface area is 105 Å². The number of nitrogens with zero attached hydrogens (tertiary/aromatic N) is 2. The van der Waals surface area contributed by atoms with Crippen LogP contribution in [0.25, 0.3) is 10.8 Å². The first kappa shape index (κ1) is 11.2. The molecule has 92 valence electrons. The molecule has 1 aromatic heterocycles. The summed E-state index contributed by atoms with van der Waals surface area (Å²) in [5.41, 5.74) is 5.65. The number of aromatic nitrogens is 1. The van der Waals surface area contributed by atoms with Crippen molar-refractivity contribution in [3.05, 3.63) is 36.5 Å². The number of carbonyl (C=O) groups excluding carboxylic acids is 1. The highest BCUT2D eigenvalue weighted by Crippen LogP contribution is 2.29. The zero-order valence-corrected chi connectivity index (χ0v) is 10.0. The monoisotopic (exact) mass is 241 g/mol. The molecule has 2 aromatic rings. The Morgan fingerprint density at radius 2 is 2.17 bits per heavy atom. The highest BCUT2D eigenvalue weighted by molar-refractivity contribution is 6.03. The SMILES string of the molecule is NCC1CC(=O)N(c2nccc3ccccc23)C1. The molecular weight excluding hydrogens is 226 g/mol. The second-order valence-corrected chi connectivity index (χ2v) is 4.67. The van der Waals surface area contributed by atoms with E-state index in [9.17, 15) is 4.79 Å². The van der Waals surface area contributed by atoms with Crippen molar-refractivity contribution in [1.29, 1.82) is 0 Å². The van der Waals surface area contributed by atoms with E-state index in [1.54, 1.807) is 11.1 Å². The maximum Gasteiger partial charge on any atom is 0.228 e. The van der Waals surface area contributed by atoms with Crippen LogP contribution in [0.3, 0.4) is 0 Å². The fourth-order valence-corrected chi connectivity index (χ4v) is 2.46. The zero-order valence-electron chi connectivity index (χ0n) is 10.0. The van der Waals surface area contributed by atoms with Crippen LogP contribution in [-0.2, 0) is 4.79 Å². The van der Waals surface area contributed by atoms with Crippen LogP contribution in [0.4, 0.5) is 5.82 Å². The first-order valence-corrected chi connectivity index (χ1v) is 6.14. The van der Waals surface area contributed by atoms with Gasteiger partial charge in [0.1, 0.15) is 5.82 Å². The average Bonchev–Trinajstić information content (AvgIpc) is 2.79. The molecule has 4 heteroatoms. The van der Waals surface area contributed by atoms with E-state index in [4.69, 9.17) is 5.73 Å². The van der Waals surface area contributed by atoms with Gasteiger partial charge in [0.15, 0.2) is 0 Å². The van der Waals surface area contributed by atoms with Crippen LogP contribution < -0.4 is 10.6 Å². The highest BCUT2D eigenvalue weighted by atomic mass is 16.2. The molecule has 0 radical (unpaired) electrons. The molecule has 0 spiro atoms. The summed E-state index contributed by atoms with van der Waals surface area (Å²) in [6.45, 7) is 1.23. The average molecular weight is 241 g/mol. The van der Waals surface area contributed by atoms with Crippen molar-refractivity contribution in [2.75, 3.05) is 18.0 Å². The summed E-state index contributed by atoms with van der Waals surface area (Å²) in [6.07, 6.45) is 2.28. The molecule has 0 saturated carbocycles. The van der Waals surface area contributed by atoms with E-state index >= 15 is 0 Å².